The van der Waals surface area contributed by atoms with Crippen molar-refractivity contribution < 1.29 is 4.79 Å². The number of hydrogen-bond donors (Lipinski definition) is 1. The first-order valence-corrected chi connectivity index (χ1v) is 9.85. The molecule has 1 aliphatic heterocycles. The molecular weight excluding hydrogens is 346 g/mol. The van der Waals surface area contributed by atoms with E-state index in [0.29, 0.717) is 18.3 Å². The number of aryl methyl sites for hydroxylation is 1. The summed E-state index contributed by atoms with van der Waals surface area (Å²) in [6, 6.07) is 9.90. The van der Waals surface area contributed by atoms with Crippen LogP contribution in [0.4, 0.5) is 5.82 Å². The van der Waals surface area contributed by atoms with Gasteiger partial charge in [-0.3, -0.25) is 9.69 Å². The van der Waals surface area contributed by atoms with Gasteiger partial charge >= 0.3 is 0 Å². The number of thiazole rings is 1. The zero-order valence-electron chi connectivity index (χ0n) is 15.1. The van der Waals surface area contributed by atoms with E-state index in [-0.39, 0.29) is 5.91 Å². The summed E-state index contributed by atoms with van der Waals surface area (Å²) in [4.78, 5) is 19.4. The number of nitrogens with one attached hydrogen (secondary N) is 1. The molecule has 7 heteroatoms. The second kappa shape index (κ2) is 7.17. The van der Waals surface area contributed by atoms with Crippen LogP contribution in [0.1, 0.15) is 25.5 Å². The van der Waals surface area contributed by atoms with Crippen molar-refractivity contribution in [1.82, 2.24) is 19.7 Å². The van der Waals surface area contributed by atoms with Gasteiger partial charge in [-0.25, -0.2) is 4.98 Å². The zero-order chi connectivity index (χ0) is 18.1. The van der Waals surface area contributed by atoms with Crippen LogP contribution in [0.25, 0.3) is 15.3 Å². The fourth-order valence-corrected chi connectivity index (χ4v) is 4.43. The molecule has 0 aliphatic carbocycles. The molecule has 1 amide bonds. The van der Waals surface area contributed by atoms with Gasteiger partial charge in [-0.15, -0.1) is 0 Å². The highest BCUT2D eigenvalue weighted by Crippen LogP contribution is 2.27. The number of benzene rings is 1. The van der Waals surface area contributed by atoms with Crippen molar-refractivity contribution in [2.75, 3.05) is 25.0 Å². The Kier molecular flexibility index (Phi) is 4.74. The van der Waals surface area contributed by atoms with Crippen LogP contribution in [-0.2, 0) is 4.79 Å². The molecule has 1 N–H and O–H groups in total. The van der Waals surface area contributed by atoms with E-state index in [2.05, 4.69) is 27.2 Å². The standard InChI is InChI=1S/C19H23N5OS/c1-13-6-5-9-23(11-13)12-18(25)21-17-10-14(2)22-24(17)19-20-15-7-3-4-8-16(15)26-19/h3-4,7-8,10,13H,5-6,9,11-12H2,1-2H3,(H,21,25)/t13-/m1/s1. The number of fused-ring (bicyclic) bond motifs is 1. The maximum Gasteiger partial charge on any atom is 0.239 e. The normalized spacial score (nSPS) is 18.3. The highest BCUT2D eigenvalue weighted by atomic mass is 32.1. The van der Waals surface area contributed by atoms with E-state index in [9.17, 15) is 4.79 Å². The number of nitrogens with zero attached hydrogens (tertiary/aromatic N) is 4. The lowest BCUT2D eigenvalue weighted by Crippen LogP contribution is -2.39. The van der Waals surface area contributed by atoms with Crippen molar-refractivity contribution in [3.63, 3.8) is 0 Å². The molecule has 1 aliphatic rings. The Labute approximate surface area is 156 Å². The van der Waals surface area contributed by atoms with Gasteiger partial charge < -0.3 is 5.32 Å². The minimum absolute atomic E-state index is 0.00126. The number of carbonyl (C=O) groups is 1. The molecule has 0 unspecified atom stereocenters. The third-order valence-electron chi connectivity index (χ3n) is 4.67. The zero-order valence-corrected chi connectivity index (χ0v) is 15.9. The van der Waals surface area contributed by atoms with Crippen molar-refractivity contribution >= 4 is 33.3 Å². The molecule has 0 saturated carbocycles. The molecule has 1 saturated heterocycles. The monoisotopic (exact) mass is 369 g/mol. The summed E-state index contributed by atoms with van der Waals surface area (Å²) < 4.78 is 2.84. The van der Waals surface area contributed by atoms with E-state index in [1.54, 1.807) is 16.0 Å². The molecule has 1 atom stereocenters. The highest BCUT2D eigenvalue weighted by Gasteiger charge is 2.20. The lowest BCUT2D eigenvalue weighted by Gasteiger charge is -2.30. The van der Waals surface area contributed by atoms with Gasteiger partial charge in [0.15, 0.2) is 0 Å². The molecular formula is C19H23N5OS. The van der Waals surface area contributed by atoms with E-state index in [1.165, 1.54) is 6.42 Å². The summed E-state index contributed by atoms with van der Waals surface area (Å²) in [7, 11) is 0. The fraction of sp³-hybridized carbons (Fsp3) is 0.421. The summed E-state index contributed by atoms with van der Waals surface area (Å²) in [5.74, 6) is 1.34. The molecule has 6 nitrogen and oxygen atoms in total. The van der Waals surface area contributed by atoms with Crippen LogP contribution in [0, 0.1) is 12.8 Å². The Balaban J connectivity index is 1.53. The average molecular weight is 369 g/mol. The second-order valence-electron chi connectivity index (χ2n) is 7.08. The molecule has 4 rings (SSSR count). The topological polar surface area (TPSA) is 63.1 Å². The molecule has 1 fully saturated rings. The Morgan fingerprint density at radius 2 is 2.23 bits per heavy atom. The molecule has 0 bridgehead atoms. The predicted molar refractivity (Wildman–Crippen MR) is 105 cm³/mol. The first-order valence-electron chi connectivity index (χ1n) is 9.03. The minimum atomic E-state index is 0.00126. The number of aromatic nitrogens is 3. The number of anilines is 1. The lowest BCUT2D eigenvalue weighted by molar-refractivity contribution is -0.117. The van der Waals surface area contributed by atoms with Gasteiger partial charge in [0.05, 0.1) is 22.5 Å². The smallest absolute Gasteiger partial charge is 0.239 e. The Hall–Kier alpha value is -2.25. The van der Waals surface area contributed by atoms with Crippen LogP contribution >= 0.6 is 11.3 Å². The Bertz CT molecular complexity index is 898. The number of hydrogen-bond acceptors (Lipinski definition) is 5. The highest BCUT2D eigenvalue weighted by molar-refractivity contribution is 7.20. The summed E-state index contributed by atoms with van der Waals surface area (Å²) in [5.41, 5.74) is 1.80. The SMILES string of the molecule is Cc1cc(NC(=O)CN2CCC[C@@H](C)C2)n(-c2nc3ccccc3s2)n1. The summed E-state index contributed by atoms with van der Waals surface area (Å²) >= 11 is 1.57. The van der Waals surface area contributed by atoms with E-state index < -0.39 is 0 Å². The van der Waals surface area contributed by atoms with Gasteiger partial charge in [-0.1, -0.05) is 30.4 Å². The van der Waals surface area contributed by atoms with Gasteiger partial charge in [0.1, 0.15) is 5.82 Å². The predicted octanol–water partition coefficient (Wildman–Crippen LogP) is 3.46. The number of amides is 1. The first kappa shape index (κ1) is 17.2. The van der Waals surface area contributed by atoms with Crippen LogP contribution in [0.3, 0.4) is 0 Å². The minimum Gasteiger partial charge on any atom is -0.309 e. The summed E-state index contributed by atoms with van der Waals surface area (Å²) in [6.07, 6.45) is 2.42. The maximum atomic E-state index is 12.5. The van der Waals surface area contributed by atoms with E-state index in [4.69, 9.17) is 0 Å². The fourth-order valence-electron chi connectivity index (χ4n) is 3.50. The quantitative estimate of drug-likeness (QED) is 0.765. The average Bonchev–Trinajstić information content (AvgIpc) is 3.17. The molecule has 26 heavy (non-hydrogen) atoms. The number of piperidine rings is 1. The van der Waals surface area contributed by atoms with Crippen LogP contribution in [0.2, 0.25) is 0 Å². The van der Waals surface area contributed by atoms with Crippen molar-refractivity contribution in [1.29, 1.82) is 0 Å². The van der Waals surface area contributed by atoms with Gasteiger partial charge in [0.2, 0.25) is 11.0 Å². The first-order chi connectivity index (χ1) is 12.6. The maximum absolute atomic E-state index is 12.5. The second-order valence-corrected chi connectivity index (χ2v) is 8.09. The third-order valence-corrected chi connectivity index (χ3v) is 5.68. The number of para-hydroxylation sites is 1. The molecule has 3 aromatic rings. The Morgan fingerprint density at radius 1 is 1.38 bits per heavy atom. The summed E-state index contributed by atoms with van der Waals surface area (Å²) in [6.45, 7) is 6.58. The van der Waals surface area contributed by atoms with E-state index in [1.807, 2.05) is 37.3 Å². The van der Waals surface area contributed by atoms with Crippen LogP contribution < -0.4 is 5.32 Å². The van der Waals surface area contributed by atoms with Crippen LogP contribution in [0.5, 0.6) is 0 Å². The number of carbonyl (C=O) groups excluding carboxylic acids is 1. The molecule has 136 valence electrons. The number of likely N-dealkylation sites (tertiary alicyclic amines) is 1. The molecule has 1 aromatic carbocycles. The summed E-state index contributed by atoms with van der Waals surface area (Å²) in [5, 5.41) is 8.31. The molecule has 3 heterocycles. The van der Waals surface area contributed by atoms with Crippen molar-refractivity contribution in [2.45, 2.75) is 26.7 Å². The largest absolute Gasteiger partial charge is 0.309 e. The van der Waals surface area contributed by atoms with Gasteiger partial charge in [-0.2, -0.15) is 9.78 Å². The molecule has 0 spiro atoms. The Morgan fingerprint density at radius 3 is 3.04 bits per heavy atom. The third kappa shape index (κ3) is 3.64. The number of rotatable bonds is 4. The molecule has 2 aromatic heterocycles. The molecule has 0 radical (unpaired) electrons. The lowest BCUT2D eigenvalue weighted by atomic mass is 10.0. The van der Waals surface area contributed by atoms with Gasteiger partial charge in [-0.05, 0) is 44.4 Å². The van der Waals surface area contributed by atoms with Crippen molar-refractivity contribution in [2.24, 2.45) is 5.92 Å². The van der Waals surface area contributed by atoms with Crippen LogP contribution in [-0.4, -0.2) is 45.2 Å². The van der Waals surface area contributed by atoms with E-state index in [0.717, 1.165) is 40.6 Å². The van der Waals surface area contributed by atoms with Gasteiger partial charge in [0, 0.05) is 12.6 Å². The van der Waals surface area contributed by atoms with Crippen molar-refractivity contribution in [3.8, 4) is 5.13 Å². The van der Waals surface area contributed by atoms with Gasteiger partial charge in [0.25, 0.3) is 0 Å². The van der Waals surface area contributed by atoms with Crippen LogP contribution in [0.15, 0.2) is 30.3 Å². The van der Waals surface area contributed by atoms with E-state index >= 15 is 0 Å². The van der Waals surface area contributed by atoms with Crippen molar-refractivity contribution in [3.05, 3.63) is 36.0 Å².